The SMILES string of the molecule is c1ccc(-c2ccc(N(c3ccc(-c4cccc5c4oc4ccccc45)cc3)c3ccccc3-c3ccccc3-c3ccccc3-c3ccc4ccccc4c3)cc2)cc1. The minimum atomic E-state index is 0.901. The van der Waals surface area contributed by atoms with Gasteiger partial charge in [-0.2, -0.15) is 0 Å². The highest BCUT2D eigenvalue weighted by Gasteiger charge is 2.21. The molecule has 282 valence electrons. The van der Waals surface area contributed by atoms with E-state index >= 15 is 0 Å². The Labute approximate surface area is 349 Å². The van der Waals surface area contributed by atoms with Crippen LogP contribution >= 0.6 is 0 Å². The highest BCUT2D eigenvalue weighted by Crippen LogP contribution is 2.46. The summed E-state index contributed by atoms with van der Waals surface area (Å²) in [5, 5.41) is 4.73. The van der Waals surface area contributed by atoms with Gasteiger partial charge in [-0.25, -0.2) is 0 Å². The topological polar surface area (TPSA) is 16.4 Å². The van der Waals surface area contributed by atoms with Crippen LogP contribution in [0.2, 0.25) is 0 Å². The third kappa shape index (κ3) is 6.32. The van der Waals surface area contributed by atoms with Gasteiger partial charge in [-0.15, -0.1) is 0 Å². The van der Waals surface area contributed by atoms with Crippen molar-refractivity contribution in [3.05, 3.63) is 237 Å². The van der Waals surface area contributed by atoms with E-state index in [9.17, 15) is 0 Å². The van der Waals surface area contributed by atoms with Crippen molar-refractivity contribution in [2.45, 2.75) is 0 Å². The van der Waals surface area contributed by atoms with Crippen LogP contribution < -0.4 is 4.90 Å². The van der Waals surface area contributed by atoms with Gasteiger partial charge in [0.15, 0.2) is 0 Å². The highest BCUT2D eigenvalue weighted by molar-refractivity contribution is 6.09. The number of furan rings is 1. The van der Waals surface area contributed by atoms with Crippen LogP contribution in [0.3, 0.4) is 0 Å². The van der Waals surface area contributed by atoms with E-state index in [1.165, 1.54) is 49.7 Å². The van der Waals surface area contributed by atoms with Crippen molar-refractivity contribution in [1.29, 1.82) is 0 Å². The predicted molar refractivity (Wildman–Crippen MR) is 253 cm³/mol. The quantitative estimate of drug-likeness (QED) is 0.153. The van der Waals surface area contributed by atoms with E-state index in [2.05, 4.69) is 229 Å². The first kappa shape index (κ1) is 35.2. The molecule has 1 heterocycles. The van der Waals surface area contributed by atoms with Crippen LogP contribution in [-0.4, -0.2) is 0 Å². The number of nitrogens with zero attached hydrogens (tertiary/aromatic N) is 1. The molecule has 0 N–H and O–H groups in total. The molecule has 11 rings (SSSR count). The Hall–Kier alpha value is -7.94. The molecule has 0 spiro atoms. The Kier molecular flexibility index (Phi) is 8.87. The van der Waals surface area contributed by atoms with E-state index < -0.39 is 0 Å². The Morgan fingerprint density at radius 1 is 0.283 bits per heavy atom. The summed E-state index contributed by atoms with van der Waals surface area (Å²) in [6, 6.07) is 84.9. The molecule has 0 bridgehead atoms. The van der Waals surface area contributed by atoms with Crippen LogP contribution in [0, 0.1) is 0 Å². The zero-order valence-electron chi connectivity index (χ0n) is 32.9. The van der Waals surface area contributed by atoms with Crippen molar-refractivity contribution >= 4 is 49.8 Å². The molecule has 0 saturated carbocycles. The van der Waals surface area contributed by atoms with Crippen LogP contribution in [0.4, 0.5) is 17.1 Å². The second kappa shape index (κ2) is 15.1. The summed E-state index contributed by atoms with van der Waals surface area (Å²) in [4.78, 5) is 2.39. The van der Waals surface area contributed by atoms with E-state index in [1.807, 2.05) is 12.1 Å². The standard InChI is InChI=1S/C58H39NO/c1-2-15-40(16-3-1)42-31-35-46(36-32-42)59(47-37-33-43(34-38-47)49-25-14-26-55-54-24-11-13-28-57(54)60-58(49)55)56-27-12-10-23-53(56)52-22-9-8-21-51(52)50-20-7-6-19-48(50)45-30-29-41-17-4-5-18-44(41)39-45/h1-39H. The van der Waals surface area contributed by atoms with Crippen molar-refractivity contribution in [2.75, 3.05) is 4.90 Å². The molecule has 0 aliphatic rings. The van der Waals surface area contributed by atoms with Crippen molar-refractivity contribution in [1.82, 2.24) is 0 Å². The fourth-order valence-electron chi connectivity index (χ4n) is 8.80. The number of hydrogen-bond donors (Lipinski definition) is 0. The first-order chi connectivity index (χ1) is 29.8. The van der Waals surface area contributed by atoms with Crippen molar-refractivity contribution < 1.29 is 4.42 Å². The lowest BCUT2D eigenvalue weighted by Gasteiger charge is -2.29. The van der Waals surface area contributed by atoms with Crippen molar-refractivity contribution in [3.63, 3.8) is 0 Å². The summed E-state index contributed by atoms with van der Waals surface area (Å²) < 4.78 is 6.46. The Morgan fingerprint density at radius 2 is 0.783 bits per heavy atom. The van der Waals surface area contributed by atoms with E-state index in [0.29, 0.717) is 0 Å². The first-order valence-electron chi connectivity index (χ1n) is 20.5. The van der Waals surface area contributed by atoms with Crippen LogP contribution in [0.5, 0.6) is 0 Å². The van der Waals surface area contributed by atoms with Crippen LogP contribution in [0.25, 0.3) is 88.3 Å². The lowest BCUT2D eigenvalue weighted by molar-refractivity contribution is 0.670. The molecule has 0 amide bonds. The predicted octanol–water partition coefficient (Wildman–Crippen LogP) is 16.5. The van der Waals surface area contributed by atoms with Gasteiger partial charge in [0.05, 0.1) is 5.69 Å². The summed E-state index contributed by atoms with van der Waals surface area (Å²) in [6.45, 7) is 0. The maximum Gasteiger partial charge on any atom is 0.143 e. The second-order valence-electron chi connectivity index (χ2n) is 15.2. The van der Waals surface area contributed by atoms with Crippen molar-refractivity contribution in [3.8, 4) is 55.6 Å². The number of rotatable bonds is 8. The third-order valence-electron chi connectivity index (χ3n) is 11.7. The molecule has 0 fully saturated rings. The van der Waals surface area contributed by atoms with Crippen molar-refractivity contribution in [2.24, 2.45) is 0 Å². The number of fused-ring (bicyclic) bond motifs is 4. The second-order valence-corrected chi connectivity index (χ2v) is 15.2. The highest BCUT2D eigenvalue weighted by atomic mass is 16.3. The van der Waals surface area contributed by atoms with Crippen LogP contribution in [-0.2, 0) is 0 Å². The molecule has 2 nitrogen and oxygen atoms in total. The minimum absolute atomic E-state index is 0.901. The molecule has 0 unspecified atom stereocenters. The first-order valence-corrected chi connectivity index (χ1v) is 20.5. The molecule has 2 heteroatoms. The monoisotopic (exact) mass is 765 g/mol. The van der Waals surface area contributed by atoms with Gasteiger partial charge in [-0.3, -0.25) is 0 Å². The summed E-state index contributed by atoms with van der Waals surface area (Å²) in [7, 11) is 0. The average molecular weight is 766 g/mol. The Balaban J connectivity index is 1.05. The number of anilines is 3. The fourth-order valence-corrected chi connectivity index (χ4v) is 8.80. The number of para-hydroxylation sites is 3. The third-order valence-corrected chi connectivity index (χ3v) is 11.7. The molecule has 0 atom stereocenters. The van der Waals surface area contributed by atoms with Gasteiger partial charge in [0.2, 0.25) is 0 Å². The summed E-state index contributed by atoms with van der Waals surface area (Å²) >= 11 is 0. The molecular weight excluding hydrogens is 727 g/mol. The summed E-state index contributed by atoms with van der Waals surface area (Å²) in [5.41, 5.74) is 16.7. The van der Waals surface area contributed by atoms with E-state index in [4.69, 9.17) is 4.42 Å². The van der Waals surface area contributed by atoms with Crippen LogP contribution in [0.1, 0.15) is 0 Å². The van der Waals surface area contributed by atoms with Gasteiger partial charge >= 0.3 is 0 Å². The lowest BCUT2D eigenvalue weighted by Crippen LogP contribution is -2.11. The smallest absolute Gasteiger partial charge is 0.143 e. The van der Waals surface area contributed by atoms with Gasteiger partial charge in [0, 0.05) is 33.3 Å². The Morgan fingerprint density at radius 3 is 1.53 bits per heavy atom. The molecule has 10 aromatic carbocycles. The summed E-state index contributed by atoms with van der Waals surface area (Å²) in [5.74, 6) is 0. The Bertz CT molecular complexity index is 3310. The number of benzene rings is 10. The average Bonchev–Trinajstić information content (AvgIpc) is 3.72. The molecule has 0 radical (unpaired) electrons. The zero-order valence-corrected chi connectivity index (χ0v) is 32.9. The molecule has 11 aromatic rings. The normalized spacial score (nSPS) is 11.3. The van der Waals surface area contributed by atoms with E-state index in [0.717, 1.165) is 55.7 Å². The molecular formula is C58H39NO. The van der Waals surface area contributed by atoms with Crippen LogP contribution in [0.15, 0.2) is 241 Å². The molecule has 0 saturated heterocycles. The maximum atomic E-state index is 6.46. The molecule has 0 aliphatic carbocycles. The largest absolute Gasteiger partial charge is 0.455 e. The van der Waals surface area contributed by atoms with Gasteiger partial charge in [-0.1, -0.05) is 194 Å². The fraction of sp³-hybridized carbons (Fsp3) is 0. The number of hydrogen-bond acceptors (Lipinski definition) is 2. The lowest BCUT2D eigenvalue weighted by atomic mass is 9.88. The van der Waals surface area contributed by atoms with Gasteiger partial charge in [0.1, 0.15) is 11.2 Å². The minimum Gasteiger partial charge on any atom is -0.455 e. The van der Waals surface area contributed by atoms with Gasteiger partial charge in [0.25, 0.3) is 0 Å². The maximum absolute atomic E-state index is 6.46. The van der Waals surface area contributed by atoms with Gasteiger partial charge < -0.3 is 9.32 Å². The zero-order chi connectivity index (χ0) is 39.8. The molecule has 60 heavy (non-hydrogen) atoms. The van der Waals surface area contributed by atoms with E-state index in [1.54, 1.807) is 0 Å². The summed E-state index contributed by atoms with van der Waals surface area (Å²) in [6.07, 6.45) is 0. The van der Waals surface area contributed by atoms with E-state index in [-0.39, 0.29) is 0 Å². The van der Waals surface area contributed by atoms with Gasteiger partial charge in [-0.05, 0) is 97.7 Å². The molecule has 1 aromatic heterocycles. The molecule has 0 aliphatic heterocycles.